The van der Waals surface area contributed by atoms with Gasteiger partial charge in [0.05, 0.1) is 0 Å². The quantitative estimate of drug-likeness (QED) is 0.852. The number of nitrogens with zero attached hydrogens (tertiary/aromatic N) is 2. The first-order chi connectivity index (χ1) is 10.7. The molecule has 118 valence electrons. The monoisotopic (exact) mass is 318 g/mol. The highest BCUT2D eigenvalue weighted by Gasteiger charge is 2.52. The van der Waals surface area contributed by atoms with E-state index in [1.54, 1.807) is 0 Å². The van der Waals surface area contributed by atoms with E-state index >= 15 is 0 Å². The van der Waals surface area contributed by atoms with Crippen LogP contribution in [0, 0.1) is 0 Å². The molecule has 1 aromatic rings. The van der Waals surface area contributed by atoms with E-state index in [9.17, 15) is 4.79 Å². The molecule has 4 heteroatoms. The number of halogens is 1. The minimum Gasteiger partial charge on any atom is -0.338 e. The van der Waals surface area contributed by atoms with Gasteiger partial charge >= 0.3 is 0 Å². The van der Waals surface area contributed by atoms with E-state index in [0.29, 0.717) is 11.9 Å². The van der Waals surface area contributed by atoms with Crippen LogP contribution in [0.1, 0.15) is 44.1 Å². The maximum absolute atomic E-state index is 13.1. The van der Waals surface area contributed by atoms with Crippen LogP contribution < -0.4 is 0 Å². The summed E-state index contributed by atoms with van der Waals surface area (Å²) < 4.78 is 0. The van der Waals surface area contributed by atoms with Gasteiger partial charge in [-0.15, -0.1) is 0 Å². The third-order valence-electron chi connectivity index (χ3n) is 5.55. The van der Waals surface area contributed by atoms with Crippen molar-refractivity contribution in [1.82, 2.24) is 9.80 Å². The molecule has 3 fully saturated rings. The lowest BCUT2D eigenvalue weighted by Crippen LogP contribution is -2.60. The van der Waals surface area contributed by atoms with Gasteiger partial charge in [0.2, 0.25) is 5.91 Å². The summed E-state index contributed by atoms with van der Waals surface area (Å²) in [4.78, 5) is 17.8. The van der Waals surface area contributed by atoms with Crippen molar-refractivity contribution in [2.24, 2.45) is 0 Å². The fourth-order valence-corrected chi connectivity index (χ4v) is 4.38. The Labute approximate surface area is 137 Å². The van der Waals surface area contributed by atoms with Crippen molar-refractivity contribution in [2.45, 2.75) is 56.7 Å². The Bertz CT molecular complexity index is 569. The van der Waals surface area contributed by atoms with Crippen molar-refractivity contribution < 1.29 is 4.79 Å². The van der Waals surface area contributed by atoms with Crippen LogP contribution in [0.5, 0.6) is 0 Å². The maximum atomic E-state index is 13.1. The summed E-state index contributed by atoms with van der Waals surface area (Å²) in [7, 11) is 0. The number of likely N-dealkylation sites (tertiary alicyclic amines) is 2. The van der Waals surface area contributed by atoms with Crippen molar-refractivity contribution in [3.8, 4) is 0 Å². The zero-order chi connectivity index (χ0) is 15.2. The van der Waals surface area contributed by atoms with Crippen molar-refractivity contribution in [3.63, 3.8) is 0 Å². The second-order valence-electron chi connectivity index (χ2n) is 7.02. The predicted molar refractivity (Wildman–Crippen MR) is 87.8 cm³/mol. The lowest BCUT2D eigenvalue weighted by atomic mass is 9.85. The number of amides is 1. The average molecular weight is 319 g/mol. The first-order valence-corrected chi connectivity index (χ1v) is 8.87. The van der Waals surface area contributed by atoms with Crippen LogP contribution in [0.2, 0.25) is 5.02 Å². The van der Waals surface area contributed by atoms with Crippen molar-refractivity contribution in [2.75, 3.05) is 13.1 Å². The number of rotatable bonds is 3. The molecule has 1 amide bonds. The molecular formula is C18H23ClN2O. The van der Waals surface area contributed by atoms with Crippen LogP contribution in [-0.2, 0) is 11.3 Å². The van der Waals surface area contributed by atoms with Crippen molar-refractivity contribution >= 4 is 17.5 Å². The SMILES string of the molecule is O=C1N(C2CC2)CCCC12CCCN2Cc1ccc(Cl)cc1. The predicted octanol–water partition coefficient (Wildman–Crippen LogP) is 3.46. The Morgan fingerprint density at radius 1 is 1.09 bits per heavy atom. The third kappa shape index (κ3) is 2.44. The van der Waals surface area contributed by atoms with Crippen LogP contribution in [0.4, 0.5) is 0 Å². The first kappa shape index (κ1) is 14.5. The van der Waals surface area contributed by atoms with E-state index in [1.807, 2.05) is 12.1 Å². The highest BCUT2D eigenvalue weighted by molar-refractivity contribution is 6.30. The van der Waals surface area contributed by atoms with Gasteiger partial charge in [-0.25, -0.2) is 0 Å². The third-order valence-corrected chi connectivity index (χ3v) is 5.80. The summed E-state index contributed by atoms with van der Waals surface area (Å²) >= 11 is 5.98. The molecule has 0 aromatic heterocycles. The highest BCUT2D eigenvalue weighted by atomic mass is 35.5. The fourth-order valence-electron chi connectivity index (χ4n) is 4.25. The van der Waals surface area contributed by atoms with Gasteiger partial charge in [-0.05, 0) is 62.8 Å². The van der Waals surface area contributed by atoms with Gasteiger partial charge < -0.3 is 4.90 Å². The van der Waals surface area contributed by atoms with E-state index in [-0.39, 0.29) is 5.54 Å². The molecule has 1 saturated carbocycles. The molecule has 2 heterocycles. The van der Waals surface area contributed by atoms with Gasteiger partial charge in [0.1, 0.15) is 5.54 Å². The molecule has 1 spiro atoms. The lowest BCUT2D eigenvalue weighted by molar-refractivity contribution is -0.148. The summed E-state index contributed by atoms with van der Waals surface area (Å²) in [5.74, 6) is 0.410. The van der Waals surface area contributed by atoms with Crippen LogP contribution in [0.3, 0.4) is 0 Å². The fraction of sp³-hybridized carbons (Fsp3) is 0.611. The van der Waals surface area contributed by atoms with E-state index in [4.69, 9.17) is 11.6 Å². The van der Waals surface area contributed by atoms with Crippen LogP contribution in [-0.4, -0.2) is 40.4 Å². The molecular weight excluding hydrogens is 296 g/mol. The topological polar surface area (TPSA) is 23.6 Å². The molecule has 0 N–H and O–H groups in total. The Balaban J connectivity index is 1.56. The Morgan fingerprint density at radius 3 is 2.45 bits per heavy atom. The van der Waals surface area contributed by atoms with Gasteiger partial charge in [0, 0.05) is 24.2 Å². The van der Waals surface area contributed by atoms with Crippen LogP contribution in [0.25, 0.3) is 0 Å². The largest absolute Gasteiger partial charge is 0.338 e. The molecule has 1 atom stereocenters. The molecule has 3 aliphatic rings. The molecule has 2 aliphatic heterocycles. The Morgan fingerprint density at radius 2 is 1.77 bits per heavy atom. The molecule has 1 unspecified atom stereocenters. The van der Waals surface area contributed by atoms with Crippen molar-refractivity contribution in [3.05, 3.63) is 34.9 Å². The molecule has 2 saturated heterocycles. The van der Waals surface area contributed by atoms with Gasteiger partial charge in [0.25, 0.3) is 0 Å². The molecule has 22 heavy (non-hydrogen) atoms. The van der Waals surface area contributed by atoms with Gasteiger partial charge in [-0.2, -0.15) is 0 Å². The zero-order valence-corrected chi connectivity index (χ0v) is 13.7. The van der Waals surface area contributed by atoms with Gasteiger partial charge in [-0.3, -0.25) is 9.69 Å². The number of carbonyl (C=O) groups excluding carboxylic acids is 1. The normalized spacial score (nSPS) is 29.5. The molecule has 0 radical (unpaired) electrons. The van der Waals surface area contributed by atoms with E-state index < -0.39 is 0 Å². The second-order valence-corrected chi connectivity index (χ2v) is 7.45. The second kappa shape index (κ2) is 5.54. The Kier molecular flexibility index (Phi) is 3.66. The number of hydrogen-bond donors (Lipinski definition) is 0. The summed E-state index contributed by atoms with van der Waals surface area (Å²) in [6.45, 7) is 2.87. The number of carbonyl (C=O) groups is 1. The maximum Gasteiger partial charge on any atom is 0.243 e. The minimum absolute atomic E-state index is 0.222. The standard InChI is InChI=1S/C18H23ClN2O/c19-15-5-3-14(4-6-15)13-20-11-1-9-18(20)10-2-12-21(17(18)22)16-7-8-16/h3-6,16H,1-2,7-13H2. The molecule has 1 aliphatic carbocycles. The summed E-state index contributed by atoms with van der Waals surface area (Å²) in [6, 6.07) is 8.60. The minimum atomic E-state index is -0.222. The summed E-state index contributed by atoms with van der Waals surface area (Å²) in [5, 5.41) is 0.772. The van der Waals surface area contributed by atoms with Gasteiger partial charge in [-0.1, -0.05) is 23.7 Å². The van der Waals surface area contributed by atoms with E-state index in [2.05, 4.69) is 21.9 Å². The van der Waals surface area contributed by atoms with Crippen molar-refractivity contribution in [1.29, 1.82) is 0 Å². The summed E-state index contributed by atoms with van der Waals surface area (Å²) in [5.41, 5.74) is 1.03. The van der Waals surface area contributed by atoms with Gasteiger partial charge in [0.15, 0.2) is 0 Å². The number of piperidine rings is 1. The van der Waals surface area contributed by atoms with E-state index in [1.165, 1.54) is 18.4 Å². The number of hydrogen-bond acceptors (Lipinski definition) is 2. The summed E-state index contributed by atoms with van der Waals surface area (Å²) in [6.07, 6.45) is 6.76. The first-order valence-electron chi connectivity index (χ1n) is 8.50. The van der Waals surface area contributed by atoms with Crippen LogP contribution >= 0.6 is 11.6 Å². The molecule has 4 rings (SSSR count). The Hall–Kier alpha value is -1.06. The molecule has 0 bridgehead atoms. The number of benzene rings is 1. The molecule has 3 nitrogen and oxygen atoms in total. The lowest BCUT2D eigenvalue weighted by Gasteiger charge is -2.45. The smallest absolute Gasteiger partial charge is 0.243 e. The zero-order valence-electron chi connectivity index (χ0n) is 12.9. The highest BCUT2D eigenvalue weighted by Crippen LogP contribution is 2.42. The van der Waals surface area contributed by atoms with Crippen LogP contribution in [0.15, 0.2) is 24.3 Å². The molecule has 1 aromatic carbocycles. The van der Waals surface area contributed by atoms with E-state index in [0.717, 1.165) is 50.3 Å². The average Bonchev–Trinajstić information content (AvgIpc) is 3.28.